The molecule has 0 atom stereocenters. The fourth-order valence-electron chi connectivity index (χ4n) is 1.25. The van der Waals surface area contributed by atoms with E-state index in [4.69, 9.17) is 5.73 Å². The zero-order chi connectivity index (χ0) is 14.7. The molecule has 0 radical (unpaired) electrons. The van der Waals surface area contributed by atoms with Crippen LogP contribution in [0.4, 0.5) is 18.9 Å². The minimum Gasteiger partial charge on any atom is -0.326 e. The third-order valence-electron chi connectivity index (χ3n) is 2.35. The van der Waals surface area contributed by atoms with Crippen LogP contribution in [-0.2, 0) is 16.8 Å². The van der Waals surface area contributed by atoms with E-state index in [-0.39, 0.29) is 5.69 Å². The van der Waals surface area contributed by atoms with Gasteiger partial charge < -0.3 is 5.73 Å². The molecule has 5 nitrogen and oxygen atoms in total. The van der Waals surface area contributed by atoms with Crippen molar-refractivity contribution in [3.05, 3.63) is 29.8 Å². The Morgan fingerprint density at radius 3 is 2.21 bits per heavy atom. The van der Waals surface area contributed by atoms with Gasteiger partial charge in [0, 0.05) is 13.6 Å². The van der Waals surface area contributed by atoms with Gasteiger partial charge in [-0.15, -0.1) is 0 Å². The fraction of sp³-hybridized carbons (Fsp3) is 0.400. The summed E-state index contributed by atoms with van der Waals surface area (Å²) < 4.78 is 61.4. The Hall–Kier alpha value is -1.32. The lowest BCUT2D eigenvalue weighted by Crippen LogP contribution is -2.42. The molecule has 0 saturated carbocycles. The van der Waals surface area contributed by atoms with Crippen LogP contribution in [0.25, 0.3) is 0 Å². The second kappa shape index (κ2) is 5.76. The predicted octanol–water partition coefficient (Wildman–Crippen LogP) is 0.978. The summed E-state index contributed by atoms with van der Waals surface area (Å²) in [4.78, 5) is 0. The third kappa shape index (κ3) is 4.69. The predicted molar refractivity (Wildman–Crippen MR) is 65.7 cm³/mol. The molecule has 0 heterocycles. The maximum Gasteiger partial charge on any atom is 0.402 e. The lowest BCUT2D eigenvalue weighted by Gasteiger charge is -2.20. The van der Waals surface area contributed by atoms with Crippen LogP contribution in [0.5, 0.6) is 0 Å². The van der Waals surface area contributed by atoms with E-state index in [9.17, 15) is 21.6 Å². The van der Waals surface area contributed by atoms with Crippen LogP contribution in [-0.4, -0.2) is 28.2 Å². The zero-order valence-electron chi connectivity index (χ0n) is 10.1. The van der Waals surface area contributed by atoms with E-state index in [0.29, 0.717) is 6.54 Å². The standard InChI is InChI=1S/C10H14F3N3O2S/c1-16(9-4-2-8(6-14)3-5-9)19(17,18)15-7-10(11,12)13/h2-5,15H,6-7,14H2,1H3. The summed E-state index contributed by atoms with van der Waals surface area (Å²) in [5.74, 6) is 0. The highest BCUT2D eigenvalue weighted by molar-refractivity contribution is 7.90. The highest BCUT2D eigenvalue weighted by Crippen LogP contribution is 2.18. The quantitative estimate of drug-likeness (QED) is 0.850. The van der Waals surface area contributed by atoms with E-state index in [1.54, 1.807) is 12.1 Å². The Morgan fingerprint density at radius 2 is 1.79 bits per heavy atom. The van der Waals surface area contributed by atoms with Crippen LogP contribution in [0.3, 0.4) is 0 Å². The Balaban J connectivity index is 2.82. The summed E-state index contributed by atoms with van der Waals surface area (Å²) in [7, 11) is -3.07. The Bertz CT molecular complexity index is 514. The molecular formula is C10H14F3N3O2S. The number of alkyl halides is 3. The number of benzene rings is 1. The van der Waals surface area contributed by atoms with Crippen LogP contribution in [0.1, 0.15) is 5.56 Å². The van der Waals surface area contributed by atoms with Gasteiger partial charge in [-0.05, 0) is 17.7 Å². The van der Waals surface area contributed by atoms with Crippen molar-refractivity contribution < 1.29 is 21.6 Å². The average Bonchev–Trinajstić information content (AvgIpc) is 2.35. The normalized spacial score (nSPS) is 12.5. The number of hydrogen-bond acceptors (Lipinski definition) is 3. The second-order valence-electron chi connectivity index (χ2n) is 3.78. The summed E-state index contributed by atoms with van der Waals surface area (Å²) >= 11 is 0. The summed E-state index contributed by atoms with van der Waals surface area (Å²) in [6, 6.07) is 6.14. The lowest BCUT2D eigenvalue weighted by molar-refractivity contribution is -0.121. The summed E-state index contributed by atoms with van der Waals surface area (Å²) in [6.45, 7) is -1.32. The third-order valence-corrected chi connectivity index (χ3v) is 3.79. The van der Waals surface area contributed by atoms with Crippen LogP contribution in [0.15, 0.2) is 24.3 Å². The van der Waals surface area contributed by atoms with Crippen molar-refractivity contribution in [1.82, 2.24) is 4.72 Å². The first kappa shape index (κ1) is 15.7. The number of hydrogen-bond donors (Lipinski definition) is 2. The molecule has 0 saturated heterocycles. The molecule has 1 aromatic rings. The summed E-state index contributed by atoms with van der Waals surface area (Å²) in [6.07, 6.45) is -4.60. The first-order chi connectivity index (χ1) is 8.65. The molecule has 0 aliphatic carbocycles. The van der Waals surface area contributed by atoms with E-state index in [1.165, 1.54) is 16.9 Å². The van der Waals surface area contributed by atoms with Gasteiger partial charge in [0.15, 0.2) is 0 Å². The molecule has 0 fully saturated rings. The molecule has 9 heteroatoms. The first-order valence-electron chi connectivity index (χ1n) is 5.25. The molecular weight excluding hydrogens is 283 g/mol. The topological polar surface area (TPSA) is 75.4 Å². The molecule has 0 unspecified atom stereocenters. The molecule has 3 N–H and O–H groups in total. The van der Waals surface area contributed by atoms with Gasteiger partial charge in [-0.2, -0.15) is 26.3 Å². The van der Waals surface area contributed by atoms with E-state index in [0.717, 1.165) is 16.9 Å². The van der Waals surface area contributed by atoms with Crippen molar-refractivity contribution in [2.45, 2.75) is 12.7 Å². The first-order valence-corrected chi connectivity index (χ1v) is 6.69. The van der Waals surface area contributed by atoms with E-state index < -0.39 is 22.9 Å². The summed E-state index contributed by atoms with van der Waals surface area (Å²) in [5.41, 5.74) is 6.42. The van der Waals surface area contributed by atoms with Crippen LogP contribution >= 0.6 is 0 Å². The van der Waals surface area contributed by atoms with Crippen molar-refractivity contribution in [3.63, 3.8) is 0 Å². The molecule has 0 spiro atoms. The van der Waals surface area contributed by atoms with Gasteiger partial charge in [0.1, 0.15) is 6.54 Å². The summed E-state index contributed by atoms with van der Waals surface area (Å²) in [5, 5.41) is 0. The monoisotopic (exact) mass is 297 g/mol. The van der Waals surface area contributed by atoms with Gasteiger partial charge in [-0.1, -0.05) is 12.1 Å². The Kier molecular flexibility index (Phi) is 4.77. The van der Waals surface area contributed by atoms with Gasteiger partial charge >= 0.3 is 16.4 Å². The van der Waals surface area contributed by atoms with Crippen LogP contribution in [0, 0.1) is 0 Å². The minimum atomic E-state index is -4.60. The van der Waals surface area contributed by atoms with Gasteiger partial charge in [0.25, 0.3) is 0 Å². The number of nitrogens with zero attached hydrogens (tertiary/aromatic N) is 1. The fourth-order valence-corrected chi connectivity index (χ4v) is 2.19. The number of nitrogens with one attached hydrogen (secondary N) is 1. The molecule has 0 aliphatic heterocycles. The molecule has 19 heavy (non-hydrogen) atoms. The second-order valence-corrected chi connectivity index (χ2v) is 5.57. The lowest BCUT2D eigenvalue weighted by atomic mass is 10.2. The number of rotatable bonds is 5. The van der Waals surface area contributed by atoms with Crippen molar-refractivity contribution in [2.24, 2.45) is 5.73 Å². The molecule has 0 amide bonds. The van der Waals surface area contributed by atoms with Gasteiger partial charge in [-0.25, -0.2) is 0 Å². The van der Waals surface area contributed by atoms with Gasteiger partial charge in [0.2, 0.25) is 0 Å². The van der Waals surface area contributed by atoms with E-state index in [2.05, 4.69) is 0 Å². The van der Waals surface area contributed by atoms with Crippen LogP contribution in [0.2, 0.25) is 0 Å². The van der Waals surface area contributed by atoms with Crippen molar-refractivity contribution >= 4 is 15.9 Å². The van der Waals surface area contributed by atoms with Crippen molar-refractivity contribution in [3.8, 4) is 0 Å². The maximum absolute atomic E-state index is 12.0. The Labute approximate surface area is 109 Å². The molecule has 0 bridgehead atoms. The molecule has 1 aromatic carbocycles. The zero-order valence-corrected chi connectivity index (χ0v) is 10.9. The number of anilines is 1. The highest BCUT2D eigenvalue weighted by atomic mass is 32.2. The molecule has 1 rings (SSSR count). The van der Waals surface area contributed by atoms with E-state index in [1.807, 2.05) is 0 Å². The SMILES string of the molecule is CN(c1ccc(CN)cc1)S(=O)(=O)NCC(F)(F)F. The maximum atomic E-state index is 12.0. The van der Waals surface area contributed by atoms with E-state index >= 15 is 0 Å². The molecule has 108 valence electrons. The minimum absolute atomic E-state index is 0.242. The van der Waals surface area contributed by atoms with Crippen molar-refractivity contribution in [2.75, 3.05) is 17.9 Å². The van der Waals surface area contributed by atoms with Crippen molar-refractivity contribution in [1.29, 1.82) is 0 Å². The number of halogens is 3. The van der Waals surface area contributed by atoms with Crippen LogP contribution < -0.4 is 14.8 Å². The highest BCUT2D eigenvalue weighted by Gasteiger charge is 2.30. The molecule has 0 aliphatic rings. The van der Waals surface area contributed by atoms with Gasteiger partial charge in [-0.3, -0.25) is 4.31 Å². The average molecular weight is 297 g/mol. The van der Waals surface area contributed by atoms with Gasteiger partial charge in [0.05, 0.1) is 5.69 Å². The Morgan fingerprint density at radius 1 is 1.26 bits per heavy atom. The molecule has 0 aromatic heterocycles. The number of nitrogens with two attached hydrogens (primary N) is 1. The smallest absolute Gasteiger partial charge is 0.326 e. The largest absolute Gasteiger partial charge is 0.402 e.